The van der Waals surface area contributed by atoms with Crippen LogP contribution < -0.4 is 15.4 Å². The zero-order chi connectivity index (χ0) is 23.4. The molecule has 9 heteroatoms. The number of likely N-dealkylation sites (N-methyl/N-ethyl adjacent to an activating group) is 1. The van der Waals surface area contributed by atoms with E-state index in [1.54, 1.807) is 30.1 Å². The predicted molar refractivity (Wildman–Crippen MR) is 126 cm³/mol. The molecule has 1 saturated heterocycles. The van der Waals surface area contributed by atoms with Crippen LogP contribution in [0, 0.1) is 0 Å². The molecule has 1 fully saturated rings. The second kappa shape index (κ2) is 10.4. The van der Waals surface area contributed by atoms with Crippen molar-refractivity contribution in [2.45, 2.75) is 50.9 Å². The molecule has 0 bridgehead atoms. The van der Waals surface area contributed by atoms with Gasteiger partial charge < -0.3 is 25.0 Å². The van der Waals surface area contributed by atoms with Gasteiger partial charge in [0.1, 0.15) is 18.5 Å². The molecule has 176 valence electrons. The number of benzene rings is 1. The first-order valence-electron chi connectivity index (χ1n) is 11.2. The molecule has 2 aromatic rings. The fraction of sp³-hybridized carbons (Fsp3) is 0.458. The standard InChI is InChI=1S/C24H29N3O5S/c1-3-25-22(28)12-16-7-8-19-21(32-16)14-31-20-9-6-15(11-18(20)24(30)27(19)2)26-23(29)13-17-5-4-10-33-17/h4-6,9-11,16,19,21H,3,7-8,12-14H2,1-2H3,(H,25,28)(H,26,29)/t16-,19+,21+/m1/s1. The molecule has 0 saturated carbocycles. The molecular weight excluding hydrogens is 442 g/mol. The van der Waals surface area contributed by atoms with Crippen molar-refractivity contribution in [2.24, 2.45) is 0 Å². The van der Waals surface area contributed by atoms with Gasteiger partial charge in [0.15, 0.2) is 0 Å². The minimum atomic E-state index is -0.314. The van der Waals surface area contributed by atoms with Gasteiger partial charge in [0, 0.05) is 24.2 Å². The van der Waals surface area contributed by atoms with Crippen LogP contribution in [0.2, 0.25) is 0 Å². The van der Waals surface area contributed by atoms with Gasteiger partial charge in [-0.2, -0.15) is 0 Å². The highest BCUT2D eigenvalue weighted by Crippen LogP contribution is 2.32. The van der Waals surface area contributed by atoms with Gasteiger partial charge in [-0.05, 0) is 49.4 Å². The van der Waals surface area contributed by atoms with E-state index in [0.717, 1.165) is 11.3 Å². The number of carbonyl (C=O) groups excluding carboxylic acids is 3. The second-order valence-corrected chi connectivity index (χ2v) is 9.37. The van der Waals surface area contributed by atoms with Gasteiger partial charge in [0.2, 0.25) is 11.8 Å². The van der Waals surface area contributed by atoms with E-state index in [0.29, 0.717) is 36.4 Å². The largest absolute Gasteiger partial charge is 0.490 e. The Balaban J connectivity index is 1.45. The quantitative estimate of drug-likeness (QED) is 0.675. The summed E-state index contributed by atoms with van der Waals surface area (Å²) in [6, 6.07) is 8.79. The summed E-state index contributed by atoms with van der Waals surface area (Å²) in [4.78, 5) is 40.3. The number of fused-ring (bicyclic) bond motifs is 2. The third-order valence-electron chi connectivity index (χ3n) is 6.00. The van der Waals surface area contributed by atoms with Crippen LogP contribution in [-0.4, -0.2) is 61.1 Å². The van der Waals surface area contributed by atoms with E-state index < -0.39 is 0 Å². The summed E-state index contributed by atoms with van der Waals surface area (Å²) in [5.74, 6) is 0.107. The van der Waals surface area contributed by atoms with Crippen LogP contribution in [0.15, 0.2) is 35.7 Å². The molecule has 0 radical (unpaired) electrons. The van der Waals surface area contributed by atoms with Crippen molar-refractivity contribution in [3.63, 3.8) is 0 Å². The molecule has 0 aliphatic carbocycles. The van der Waals surface area contributed by atoms with Gasteiger partial charge in [0.05, 0.1) is 30.6 Å². The highest BCUT2D eigenvalue weighted by molar-refractivity contribution is 7.10. The first kappa shape index (κ1) is 23.3. The van der Waals surface area contributed by atoms with E-state index in [1.165, 1.54) is 11.3 Å². The number of ether oxygens (including phenoxy) is 2. The first-order chi connectivity index (χ1) is 15.9. The van der Waals surface area contributed by atoms with Gasteiger partial charge >= 0.3 is 0 Å². The topological polar surface area (TPSA) is 97.0 Å². The molecule has 33 heavy (non-hydrogen) atoms. The Bertz CT molecular complexity index is 1010. The number of thiophene rings is 1. The maximum Gasteiger partial charge on any atom is 0.257 e. The molecule has 1 aromatic carbocycles. The number of hydrogen-bond donors (Lipinski definition) is 2. The van der Waals surface area contributed by atoms with Crippen molar-refractivity contribution >= 4 is 34.7 Å². The third-order valence-corrected chi connectivity index (χ3v) is 6.87. The molecule has 1 aromatic heterocycles. The Morgan fingerprint density at radius 3 is 2.82 bits per heavy atom. The number of carbonyl (C=O) groups is 3. The lowest BCUT2D eigenvalue weighted by molar-refractivity contribution is -0.134. The van der Waals surface area contributed by atoms with Crippen LogP contribution in [0.1, 0.15) is 41.4 Å². The highest BCUT2D eigenvalue weighted by atomic mass is 32.1. The van der Waals surface area contributed by atoms with E-state index in [9.17, 15) is 14.4 Å². The van der Waals surface area contributed by atoms with Crippen LogP contribution in [-0.2, 0) is 20.7 Å². The van der Waals surface area contributed by atoms with E-state index in [-0.39, 0.29) is 49.0 Å². The lowest BCUT2D eigenvalue weighted by Crippen LogP contribution is -2.54. The fourth-order valence-electron chi connectivity index (χ4n) is 4.36. The molecule has 3 amide bonds. The van der Waals surface area contributed by atoms with Crippen LogP contribution in [0.3, 0.4) is 0 Å². The Labute approximate surface area is 197 Å². The van der Waals surface area contributed by atoms with Gasteiger partial charge in [-0.25, -0.2) is 0 Å². The van der Waals surface area contributed by atoms with Crippen LogP contribution >= 0.6 is 11.3 Å². The number of nitrogens with zero attached hydrogens (tertiary/aromatic N) is 1. The van der Waals surface area contributed by atoms with Crippen LogP contribution in [0.5, 0.6) is 5.75 Å². The molecule has 4 rings (SSSR count). The Hall–Kier alpha value is -2.91. The Kier molecular flexibility index (Phi) is 7.29. The zero-order valence-electron chi connectivity index (χ0n) is 18.8. The van der Waals surface area contributed by atoms with E-state index in [1.807, 2.05) is 24.4 Å². The Morgan fingerprint density at radius 1 is 1.21 bits per heavy atom. The summed E-state index contributed by atoms with van der Waals surface area (Å²) in [6.07, 6.45) is 1.52. The monoisotopic (exact) mass is 471 g/mol. The van der Waals surface area contributed by atoms with Gasteiger partial charge in [-0.1, -0.05) is 6.07 Å². The minimum Gasteiger partial charge on any atom is -0.490 e. The molecule has 2 aliphatic rings. The molecule has 2 N–H and O–H groups in total. The normalized spacial score (nSPS) is 22.3. The minimum absolute atomic E-state index is 0.0313. The number of anilines is 1. The molecule has 0 spiro atoms. The SMILES string of the molecule is CCNC(=O)C[C@H]1CC[C@H]2[C@H](COc3ccc(NC(=O)Cc4cccs4)cc3C(=O)N2C)O1. The maximum atomic E-state index is 13.3. The molecular formula is C24H29N3O5S. The fourth-order valence-corrected chi connectivity index (χ4v) is 5.06. The lowest BCUT2D eigenvalue weighted by atomic mass is 9.94. The van der Waals surface area contributed by atoms with Crippen LogP contribution in [0.4, 0.5) is 5.69 Å². The Morgan fingerprint density at radius 2 is 2.06 bits per heavy atom. The van der Waals surface area contributed by atoms with Gasteiger partial charge in [-0.3, -0.25) is 14.4 Å². The highest BCUT2D eigenvalue weighted by Gasteiger charge is 2.39. The molecule has 3 atom stereocenters. The molecule has 0 unspecified atom stereocenters. The molecule has 3 heterocycles. The smallest absolute Gasteiger partial charge is 0.257 e. The second-order valence-electron chi connectivity index (χ2n) is 8.34. The summed E-state index contributed by atoms with van der Waals surface area (Å²) in [7, 11) is 1.77. The summed E-state index contributed by atoms with van der Waals surface area (Å²) in [6.45, 7) is 2.76. The van der Waals surface area contributed by atoms with Crippen molar-refractivity contribution in [3.05, 3.63) is 46.2 Å². The van der Waals surface area contributed by atoms with Crippen molar-refractivity contribution in [1.82, 2.24) is 10.2 Å². The zero-order valence-corrected chi connectivity index (χ0v) is 19.7. The van der Waals surface area contributed by atoms with Crippen molar-refractivity contribution in [2.75, 3.05) is 25.5 Å². The van der Waals surface area contributed by atoms with Crippen molar-refractivity contribution < 1.29 is 23.9 Å². The number of rotatable bonds is 6. The summed E-state index contributed by atoms with van der Waals surface area (Å²) >= 11 is 1.53. The van der Waals surface area contributed by atoms with Crippen molar-refractivity contribution in [3.8, 4) is 5.75 Å². The lowest BCUT2D eigenvalue weighted by Gasteiger charge is -2.42. The third kappa shape index (κ3) is 5.54. The average molecular weight is 472 g/mol. The number of amides is 3. The summed E-state index contributed by atoms with van der Waals surface area (Å²) in [5.41, 5.74) is 0.967. The van der Waals surface area contributed by atoms with E-state index >= 15 is 0 Å². The van der Waals surface area contributed by atoms with Gasteiger partial charge in [0.25, 0.3) is 5.91 Å². The summed E-state index contributed by atoms with van der Waals surface area (Å²) in [5, 5.41) is 7.61. The number of nitrogens with one attached hydrogen (secondary N) is 2. The molecule has 8 nitrogen and oxygen atoms in total. The van der Waals surface area contributed by atoms with Crippen molar-refractivity contribution in [1.29, 1.82) is 0 Å². The molecule has 2 aliphatic heterocycles. The first-order valence-corrected chi connectivity index (χ1v) is 12.1. The van der Waals surface area contributed by atoms with Gasteiger partial charge in [-0.15, -0.1) is 11.3 Å². The summed E-state index contributed by atoms with van der Waals surface area (Å²) < 4.78 is 12.1. The van der Waals surface area contributed by atoms with E-state index in [2.05, 4.69) is 10.6 Å². The van der Waals surface area contributed by atoms with Crippen LogP contribution in [0.25, 0.3) is 0 Å². The predicted octanol–water partition coefficient (Wildman–Crippen LogP) is 2.84. The average Bonchev–Trinajstić information content (AvgIpc) is 3.29. The number of hydrogen-bond acceptors (Lipinski definition) is 6. The maximum absolute atomic E-state index is 13.3. The van der Waals surface area contributed by atoms with E-state index in [4.69, 9.17) is 9.47 Å².